The van der Waals surface area contributed by atoms with E-state index in [9.17, 15) is 0 Å². The average Bonchev–Trinajstić information content (AvgIpc) is 1.69. The van der Waals surface area contributed by atoms with Gasteiger partial charge in [0.05, 0.1) is 0 Å². The smallest absolute Gasteiger partial charge is 0.262 e. The van der Waals surface area contributed by atoms with Crippen LogP contribution < -0.4 is 0 Å². The predicted molar refractivity (Wildman–Crippen MR) is 52.9 cm³/mol. The molecule has 0 aliphatic heterocycles. The van der Waals surface area contributed by atoms with Crippen molar-refractivity contribution in [3.8, 4) is 0 Å². The van der Waals surface area contributed by atoms with Crippen molar-refractivity contribution in [1.82, 2.24) is 4.98 Å². The lowest BCUT2D eigenvalue weighted by Crippen LogP contribution is -1.72. The average molecular weight is 247 g/mol. The third-order valence-electron chi connectivity index (χ3n) is 0.813. The van der Waals surface area contributed by atoms with Crippen LogP contribution in [0.25, 0.3) is 0 Å². The van der Waals surface area contributed by atoms with Crippen LogP contribution in [0.4, 0.5) is 0 Å². The van der Waals surface area contributed by atoms with Crippen LogP contribution in [0.15, 0.2) is 24.4 Å². The number of rotatable bonds is 0. The minimum absolute atomic E-state index is 0. The first-order valence-electron chi connectivity index (χ1n) is 2.27. The lowest BCUT2D eigenvalue weighted by molar-refractivity contribution is 1.20. The van der Waals surface area contributed by atoms with E-state index in [1.54, 1.807) is 6.20 Å². The van der Waals surface area contributed by atoms with Gasteiger partial charge in [-0.2, -0.15) is 0 Å². The van der Waals surface area contributed by atoms with E-state index >= 15 is 0 Å². The molecule has 1 aromatic heterocycles. The molecule has 0 aromatic carbocycles. The Morgan fingerprint density at radius 1 is 1.33 bits per heavy atom. The summed E-state index contributed by atoms with van der Waals surface area (Å²) in [6, 6.07) is 5.86. The van der Waals surface area contributed by atoms with Crippen LogP contribution in [0.2, 0.25) is 0 Å². The number of hydrogen-bond acceptors (Lipinski definition) is 1. The number of hydrogen-bond donors (Lipinski definition) is 0. The molecular weight excluding hydrogens is 237 g/mol. The normalized spacial score (nSPS) is 6.78. The number of aromatic nitrogens is 1. The van der Waals surface area contributed by atoms with Gasteiger partial charge < -0.3 is 0 Å². The minimum Gasteiger partial charge on any atom is -0.262 e. The maximum absolute atomic E-state index is 3.98. The van der Waals surface area contributed by atoms with Crippen molar-refractivity contribution in [2.45, 2.75) is 6.92 Å². The third-order valence-corrected chi connectivity index (χ3v) is 0.813. The summed E-state index contributed by atoms with van der Waals surface area (Å²) in [6.07, 6.45) is 1.79. The van der Waals surface area contributed by atoms with E-state index in [4.69, 9.17) is 0 Å². The quantitative estimate of drug-likeness (QED) is 0.494. The molecule has 1 aromatic rings. The highest BCUT2D eigenvalue weighted by molar-refractivity contribution is 14.0. The molecule has 1 nitrogen and oxygen atoms in total. The maximum Gasteiger partial charge on any atom is 0.316 e. The molecule has 0 fully saturated rings. The van der Waals surface area contributed by atoms with E-state index in [1.165, 1.54) is 0 Å². The topological polar surface area (TPSA) is 12.9 Å². The fourth-order valence-corrected chi connectivity index (χ4v) is 0.448. The summed E-state index contributed by atoms with van der Waals surface area (Å²) in [4.78, 5) is 3.98. The van der Waals surface area contributed by atoms with E-state index in [-0.39, 0.29) is 47.0 Å². The first kappa shape index (κ1) is 12.3. The van der Waals surface area contributed by atoms with Crippen molar-refractivity contribution in [3.05, 3.63) is 30.1 Å². The summed E-state index contributed by atoms with van der Waals surface area (Å²) in [5.41, 5.74) is 1.07. The molecule has 0 unspecified atom stereocenters. The molecule has 0 atom stereocenters. The summed E-state index contributed by atoms with van der Waals surface area (Å²) in [6.45, 7) is 1.97. The fraction of sp³-hybridized carbons (Fsp3) is 0.167. The van der Waals surface area contributed by atoms with E-state index < -0.39 is 0 Å². The first-order chi connectivity index (χ1) is 3.39. The van der Waals surface area contributed by atoms with Gasteiger partial charge in [-0.1, -0.05) is 6.07 Å². The molecule has 0 aliphatic carbocycles. The molecule has 9 heavy (non-hydrogen) atoms. The van der Waals surface area contributed by atoms with Gasteiger partial charge in [0.25, 0.3) is 0 Å². The Morgan fingerprint density at radius 3 is 2.22 bits per heavy atom. The monoisotopic (exact) mass is 247 g/mol. The van der Waals surface area contributed by atoms with Crippen LogP contribution in [-0.4, -0.2) is 28.0 Å². The Balaban J connectivity index is 0. The molecule has 0 bridgehead atoms. The van der Waals surface area contributed by atoms with E-state index in [2.05, 4.69) is 4.98 Å². The highest BCUT2D eigenvalue weighted by Crippen LogP contribution is 1.85. The largest absolute Gasteiger partial charge is 0.316 e. The molecule has 0 saturated heterocycles. The van der Waals surface area contributed by atoms with Crippen molar-refractivity contribution >= 4 is 47.0 Å². The summed E-state index contributed by atoms with van der Waals surface area (Å²) < 4.78 is 0. The molecular formula is C6H10IMgN. The maximum atomic E-state index is 3.98. The summed E-state index contributed by atoms with van der Waals surface area (Å²) in [5, 5.41) is 0. The van der Waals surface area contributed by atoms with Crippen molar-refractivity contribution in [3.63, 3.8) is 0 Å². The molecule has 0 N–H and O–H groups in total. The van der Waals surface area contributed by atoms with Gasteiger partial charge in [0.1, 0.15) is 0 Å². The molecule has 0 radical (unpaired) electrons. The highest BCUT2D eigenvalue weighted by Gasteiger charge is 1.73. The zero-order chi connectivity index (χ0) is 5.11. The first-order valence-corrected chi connectivity index (χ1v) is 2.27. The summed E-state index contributed by atoms with van der Waals surface area (Å²) in [5.74, 6) is 0. The number of pyridine rings is 1. The second kappa shape index (κ2) is 6.76. The molecule has 0 saturated carbocycles. The molecule has 0 amide bonds. The van der Waals surface area contributed by atoms with Crippen LogP contribution in [0.1, 0.15) is 5.69 Å². The predicted octanol–water partition coefficient (Wildman–Crippen LogP) is 1.09. The molecule has 1 heterocycles. The van der Waals surface area contributed by atoms with Crippen molar-refractivity contribution in [2.75, 3.05) is 0 Å². The van der Waals surface area contributed by atoms with Gasteiger partial charge in [-0.15, -0.1) is 24.0 Å². The van der Waals surface area contributed by atoms with Gasteiger partial charge in [-0.05, 0) is 19.1 Å². The van der Waals surface area contributed by atoms with Gasteiger partial charge >= 0.3 is 23.1 Å². The van der Waals surface area contributed by atoms with Gasteiger partial charge in [-0.3, -0.25) is 4.98 Å². The Morgan fingerprint density at radius 2 is 2.00 bits per heavy atom. The lowest BCUT2D eigenvalue weighted by atomic mass is 10.4. The SMILES string of the molecule is Cc1ccccn1.I.[MgH2]. The Hall–Kier alpha value is 0.646. The number of nitrogens with zero attached hydrogens (tertiary/aromatic N) is 1. The van der Waals surface area contributed by atoms with Crippen LogP contribution >= 0.6 is 24.0 Å². The fourth-order valence-electron chi connectivity index (χ4n) is 0.448. The molecule has 1 rings (SSSR count). The lowest BCUT2D eigenvalue weighted by Gasteiger charge is -1.82. The standard InChI is InChI=1S/C6H7N.HI.Mg.2H/c1-6-4-2-3-5-7-6;;;;/h2-5H,1H3;1H;;;. The molecule has 48 valence electrons. The van der Waals surface area contributed by atoms with Crippen LogP contribution in [-0.2, 0) is 0 Å². The van der Waals surface area contributed by atoms with Crippen molar-refractivity contribution in [2.24, 2.45) is 0 Å². The van der Waals surface area contributed by atoms with E-state index in [0.717, 1.165) is 5.69 Å². The third kappa shape index (κ3) is 5.11. The Kier molecular flexibility index (Phi) is 9.27. The van der Waals surface area contributed by atoms with Crippen LogP contribution in [0.3, 0.4) is 0 Å². The number of halogens is 1. The molecule has 0 spiro atoms. The highest BCUT2D eigenvalue weighted by atomic mass is 127. The summed E-state index contributed by atoms with van der Waals surface area (Å²) >= 11 is 0. The minimum atomic E-state index is 0. The van der Waals surface area contributed by atoms with E-state index in [1.807, 2.05) is 25.1 Å². The number of aryl methyl sites for hydroxylation is 1. The zero-order valence-electron chi connectivity index (χ0n) is 4.66. The second-order valence-electron chi connectivity index (χ2n) is 1.47. The Labute approximate surface area is 88.4 Å². The van der Waals surface area contributed by atoms with Crippen molar-refractivity contribution in [1.29, 1.82) is 0 Å². The van der Waals surface area contributed by atoms with Gasteiger partial charge in [0.15, 0.2) is 0 Å². The van der Waals surface area contributed by atoms with Gasteiger partial charge in [-0.25, -0.2) is 0 Å². The van der Waals surface area contributed by atoms with Gasteiger partial charge in [0, 0.05) is 11.9 Å². The Bertz CT molecular complexity index is 143. The van der Waals surface area contributed by atoms with Crippen LogP contribution in [0, 0.1) is 6.92 Å². The molecule has 0 aliphatic rings. The zero-order valence-corrected chi connectivity index (χ0v) is 7.00. The van der Waals surface area contributed by atoms with E-state index in [0.29, 0.717) is 0 Å². The van der Waals surface area contributed by atoms with Crippen LogP contribution in [0.5, 0.6) is 0 Å². The summed E-state index contributed by atoms with van der Waals surface area (Å²) in [7, 11) is 0. The van der Waals surface area contributed by atoms with Crippen molar-refractivity contribution < 1.29 is 0 Å². The molecule has 3 heteroatoms. The second-order valence-corrected chi connectivity index (χ2v) is 1.47. The van der Waals surface area contributed by atoms with Gasteiger partial charge in [0.2, 0.25) is 0 Å².